The second-order valence-electron chi connectivity index (χ2n) is 6.22. The van der Waals surface area contributed by atoms with Crippen LogP contribution in [0.4, 0.5) is 0 Å². The first-order chi connectivity index (χ1) is 13.0. The average Bonchev–Trinajstić information content (AvgIpc) is 2.71. The Balaban J connectivity index is 2.03. The van der Waals surface area contributed by atoms with Crippen LogP contribution in [0.1, 0.15) is 24.1 Å². The van der Waals surface area contributed by atoms with E-state index in [0.717, 1.165) is 16.8 Å². The van der Waals surface area contributed by atoms with E-state index < -0.39 is 6.04 Å². The quantitative estimate of drug-likeness (QED) is 0.630. The predicted molar refractivity (Wildman–Crippen MR) is 108 cm³/mol. The highest BCUT2D eigenvalue weighted by Crippen LogP contribution is 2.33. The third-order valence-corrected chi connectivity index (χ3v) is 4.95. The van der Waals surface area contributed by atoms with Gasteiger partial charge >= 0.3 is 5.97 Å². The van der Waals surface area contributed by atoms with Gasteiger partial charge in [0.2, 0.25) is 0 Å². The molecule has 6 heteroatoms. The molecule has 1 aliphatic rings. The second kappa shape index (κ2) is 8.22. The minimum Gasteiger partial charge on any atom is -0.497 e. The summed E-state index contributed by atoms with van der Waals surface area (Å²) in [6.45, 7) is 2.47. The number of hydrogen-bond donors (Lipinski definition) is 1. The van der Waals surface area contributed by atoms with Crippen molar-refractivity contribution in [3.8, 4) is 5.75 Å². The SMILES string of the molecule is COC(=O)C1=C(C)N(Cc2ccccc2)C(=S)NC1c1cccc(OC)c1. The largest absolute Gasteiger partial charge is 0.497 e. The Bertz CT molecular complexity index is 880. The number of allylic oxidation sites excluding steroid dienone is 1. The summed E-state index contributed by atoms with van der Waals surface area (Å²) in [6, 6.07) is 17.2. The lowest BCUT2D eigenvalue weighted by Crippen LogP contribution is -2.47. The molecule has 1 heterocycles. The van der Waals surface area contributed by atoms with Gasteiger partial charge in [0.25, 0.3) is 0 Å². The maximum absolute atomic E-state index is 12.6. The molecule has 1 aliphatic heterocycles. The Labute approximate surface area is 164 Å². The van der Waals surface area contributed by atoms with Crippen LogP contribution in [0.15, 0.2) is 65.9 Å². The number of nitrogens with one attached hydrogen (secondary N) is 1. The van der Waals surface area contributed by atoms with E-state index >= 15 is 0 Å². The fraction of sp³-hybridized carbons (Fsp3) is 0.238. The standard InChI is InChI=1S/C21H22N2O3S/c1-14-18(20(24)26-3)19(16-10-7-11-17(12-16)25-2)22-21(27)23(14)13-15-8-5-4-6-9-15/h4-12,19H,13H2,1-3H3,(H,22,27). The molecule has 0 saturated carbocycles. The summed E-state index contributed by atoms with van der Waals surface area (Å²) in [5, 5.41) is 3.86. The summed E-state index contributed by atoms with van der Waals surface area (Å²) >= 11 is 5.61. The summed E-state index contributed by atoms with van der Waals surface area (Å²) in [5.41, 5.74) is 3.30. The highest BCUT2D eigenvalue weighted by molar-refractivity contribution is 7.80. The third-order valence-electron chi connectivity index (χ3n) is 4.61. The van der Waals surface area contributed by atoms with E-state index in [4.69, 9.17) is 21.7 Å². The summed E-state index contributed by atoms with van der Waals surface area (Å²) in [7, 11) is 3.00. The van der Waals surface area contributed by atoms with Crippen molar-refractivity contribution >= 4 is 23.3 Å². The van der Waals surface area contributed by atoms with E-state index in [2.05, 4.69) is 5.32 Å². The summed E-state index contributed by atoms with van der Waals surface area (Å²) in [4.78, 5) is 14.5. The second-order valence-corrected chi connectivity index (χ2v) is 6.61. The molecule has 5 nitrogen and oxygen atoms in total. The molecule has 1 atom stereocenters. The molecule has 0 bridgehead atoms. The van der Waals surface area contributed by atoms with Gasteiger partial charge in [-0.25, -0.2) is 4.79 Å². The zero-order chi connectivity index (χ0) is 19.4. The van der Waals surface area contributed by atoms with Gasteiger partial charge in [0.15, 0.2) is 5.11 Å². The van der Waals surface area contributed by atoms with E-state index in [1.54, 1.807) is 7.11 Å². The van der Waals surface area contributed by atoms with E-state index in [9.17, 15) is 4.79 Å². The zero-order valence-corrected chi connectivity index (χ0v) is 16.4. The lowest BCUT2D eigenvalue weighted by molar-refractivity contribution is -0.136. The molecule has 0 fully saturated rings. The molecule has 0 radical (unpaired) electrons. The highest BCUT2D eigenvalue weighted by atomic mass is 32.1. The van der Waals surface area contributed by atoms with Crippen LogP contribution in [0, 0.1) is 0 Å². The van der Waals surface area contributed by atoms with Gasteiger partial charge in [-0.15, -0.1) is 0 Å². The highest BCUT2D eigenvalue weighted by Gasteiger charge is 2.34. The minimum absolute atomic E-state index is 0.381. The first-order valence-electron chi connectivity index (χ1n) is 8.60. The topological polar surface area (TPSA) is 50.8 Å². The molecular formula is C21H22N2O3S. The van der Waals surface area contributed by atoms with Gasteiger partial charge in [-0.2, -0.15) is 0 Å². The van der Waals surface area contributed by atoms with E-state index in [1.807, 2.05) is 66.4 Å². The molecule has 0 aromatic heterocycles. The van der Waals surface area contributed by atoms with Crippen LogP contribution in [-0.4, -0.2) is 30.2 Å². The Morgan fingerprint density at radius 3 is 2.56 bits per heavy atom. The van der Waals surface area contributed by atoms with Crippen molar-refractivity contribution in [1.82, 2.24) is 10.2 Å². The van der Waals surface area contributed by atoms with Crippen molar-refractivity contribution in [1.29, 1.82) is 0 Å². The monoisotopic (exact) mass is 382 g/mol. The number of carbonyl (C=O) groups is 1. The molecule has 1 unspecified atom stereocenters. The van der Waals surface area contributed by atoms with Crippen LogP contribution in [0.2, 0.25) is 0 Å². The van der Waals surface area contributed by atoms with Crippen molar-refractivity contribution in [2.24, 2.45) is 0 Å². The van der Waals surface area contributed by atoms with Gasteiger partial charge in [-0.3, -0.25) is 0 Å². The summed E-state index contributed by atoms with van der Waals surface area (Å²) < 4.78 is 10.4. The van der Waals surface area contributed by atoms with Gasteiger partial charge in [-0.1, -0.05) is 42.5 Å². The van der Waals surface area contributed by atoms with Crippen LogP contribution >= 0.6 is 12.2 Å². The third kappa shape index (κ3) is 3.95. The Kier molecular flexibility index (Phi) is 5.76. The number of nitrogens with zero attached hydrogens (tertiary/aromatic N) is 1. The van der Waals surface area contributed by atoms with E-state index in [0.29, 0.717) is 23.0 Å². The van der Waals surface area contributed by atoms with Gasteiger partial charge in [0.1, 0.15) is 5.75 Å². The van der Waals surface area contributed by atoms with Crippen LogP contribution in [0.5, 0.6) is 5.75 Å². The normalized spacial score (nSPS) is 16.8. The predicted octanol–water partition coefficient (Wildman–Crippen LogP) is 3.57. The molecule has 0 amide bonds. The molecule has 2 aromatic rings. The molecule has 27 heavy (non-hydrogen) atoms. The number of benzene rings is 2. The number of esters is 1. The molecule has 2 aromatic carbocycles. The molecule has 1 N–H and O–H groups in total. The lowest BCUT2D eigenvalue weighted by Gasteiger charge is -2.37. The maximum Gasteiger partial charge on any atom is 0.337 e. The summed E-state index contributed by atoms with van der Waals surface area (Å²) in [5.74, 6) is 0.335. The number of carbonyl (C=O) groups excluding carboxylic acids is 1. The Hall–Kier alpha value is -2.86. The zero-order valence-electron chi connectivity index (χ0n) is 15.6. The van der Waals surface area contributed by atoms with Gasteiger partial charge in [0.05, 0.1) is 25.8 Å². The fourth-order valence-electron chi connectivity index (χ4n) is 3.18. The molecule has 0 aliphatic carbocycles. The number of hydrogen-bond acceptors (Lipinski definition) is 4. The number of methoxy groups -OCH3 is 2. The fourth-order valence-corrected chi connectivity index (χ4v) is 3.50. The van der Waals surface area contributed by atoms with Gasteiger partial charge in [0, 0.05) is 12.2 Å². The Morgan fingerprint density at radius 1 is 1.15 bits per heavy atom. The van der Waals surface area contributed by atoms with Crippen LogP contribution in [0.25, 0.3) is 0 Å². The lowest BCUT2D eigenvalue weighted by atomic mass is 9.94. The first kappa shape index (κ1) is 18.9. The van der Waals surface area contributed by atoms with Crippen molar-refractivity contribution in [3.63, 3.8) is 0 Å². The van der Waals surface area contributed by atoms with Crippen molar-refractivity contribution in [3.05, 3.63) is 77.0 Å². The molecule has 0 spiro atoms. The number of thiocarbonyl (C=S) groups is 1. The molecule has 3 rings (SSSR count). The minimum atomic E-state index is -0.396. The van der Waals surface area contributed by atoms with Crippen LogP contribution < -0.4 is 10.1 Å². The number of rotatable bonds is 5. The van der Waals surface area contributed by atoms with E-state index in [-0.39, 0.29) is 5.97 Å². The first-order valence-corrected chi connectivity index (χ1v) is 9.01. The molecular weight excluding hydrogens is 360 g/mol. The van der Waals surface area contributed by atoms with Gasteiger partial charge < -0.3 is 19.7 Å². The average molecular weight is 382 g/mol. The molecule has 140 valence electrons. The maximum atomic E-state index is 12.6. The van der Waals surface area contributed by atoms with Crippen molar-refractivity contribution in [2.75, 3.05) is 14.2 Å². The smallest absolute Gasteiger partial charge is 0.337 e. The Morgan fingerprint density at radius 2 is 1.89 bits per heavy atom. The van der Waals surface area contributed by atoms with Crippen molar-refractivity contribution in [2.45, 2.75) is 19.5 Å². The van der Waals surface area contributed by atoms with Crippen molar-refractivity contribution < 1.29 is 14.3 Å². The van der Waals surface area contributed by atoms with Crippen LogP contribution in [0.3, 0.4) is 0 Å². The van der Waals surface area contributed by atoms with Crippen LogP contribution in [-0.2, 0) is 16.1 Å². The van der Waals surface area contributed by atoms with E-state index in [1.165, 1.54) is 7.11 Å². The number of ether oxygens (including phenoxy) is 2. The molecule has 0 saturated heterocycles. The van der Waals surface area contributed by atoms with Gasteiger partial charge in [-0.05, 0) is 42.4 Å². The summed E-state index contributed by atoms with van der Waals surface area (Å²) in [6.07, 6.45) is 0.